The van der Waals surface area contributed by atoms with Crippen molar-refractivity contribution in [3.63, 3.8) is 0 Å². The first kappa shape index (κ1) is 12.0. The normalized spacial score (nSPS) is 15.8. The highest BCUT2D eigenvalue weighted by molar-refractivity contribution is 4.81. The van der Waals surface area contributed by atoms with Gasteiger partial charge in [-0.2, -0.15) is 0 Å². The molecule has 0 spiro atoms. The highest BCUT2D eigenvalue weighted by Crippen LogP contribution is 2.21. The number of hydrogen-bond acceptors (Lipinski definition) is 1. The summed E-state index contributed by atoms with van der Waals surface area (Å²) in [6.45, 7) is 13.7. The van der Waals surface area contributed by atoms with Gasteiger partial charge in [-0.05, 0) is 40.2 Å². The summed E-state index contributed by atoms with van der Waals surface area (Å²) in [6.07, 6.45) is 1.24. The fraction of sp³-hybridized carbons (Fsp3) is 1.00. The van der Waals surface area contributed by atoms with Gasteiger partial charge >= 0.3 is 0 Å². The molecule has 0 fully saturated rings. The van der Waals surface area contributed by atoms with Crippen LogP contribution in [0.1, 0.15) is 48.0 Å². The molecule has 0 aromatic carbocycles. The monoisotopic (exact) mass is 171 g/mol. The van der Waals surface area contributed by atoms with Crippen LogP contribution in [0.3, 0.4) is 0 Å². The van der Waals surface area contributed by atoms with Gasteiger partial charge in [0.2, 0.25) is 0 Å². The first-order chi connectivity index (χ1) is 5.30. The molecule has 1 atom stereocenters. The van der Waals surface area contributed by atoms with Crippen LogP contribution in [0.25, 0.3) is 0 Å². The minimum absolute atomic E-state index is 0.297. The van der Waals surface area contributed by atoms with E-state index < -0.39 is 0 Å². The van der Waals surface area contributed by atoms with Crippen LogP contribution in [-0.2, 0) is 0 Å². The van der Waals surface area contributed by atoms with E-state index in [4.69, 9.17) is 0 Å². The Kier molecular flexibility index (Phi) is 4.25. The zero-order valence-corrected chi connectivity index (χ0v) is 9.81. The Morgan fingerprint density at radius 1 is 1.17 bits per heavy atom. The van der Waals surface area contributed by atoms with Gasteiger partial charge in [-0.1, -0.05) is 20.8 Å². The van der Waals surface area contributed by atoms with Crippen molar-refractivity contribution in [2.45, 2.75) is 59.5 Å². The molecule has 74 valence electrons. The van der Waals surface area contributed by atoms with Gasteiger partial charge in [0.25, 0.3) is 0 Å². The van der Waals surface area contributed by atoms with E-state index in [0.29, 0.717) is 11.6 Å². The molecule has 12 heavy (non-hydrogen) atoms. The predicted octanol–water partition coefficient (Wildman–Crippen LogP) is 3.15. The summed E-state index contributed by atoms with van der Waals surface area (Å²) in [7, 11) is 2.23. The Morgan fingerprint density at radius 3 is 1.67 bits per heavy atom. The van der Waals surface area contributed by atoms with Crippen LogP contribution in [0.4, 0.5) is 0 Å². The van der Waals surface area contributed by atoms with Gasteiger partial charge < -0.3 is 0 Å². The van der Waals surface area contributed by atoms with Crippen molar-refractivity contribution in [3.05, 3.63) is 0 Å². The zero-order valence-electron chi connectivity index (χ0n) is 9.81. The van der Waals surface area contributed by atoms with Crippen molar-refractivity contribution < 1.29 is 0 Å². The molecule has 0 amide bonds. The van der Waals surface area contributed by atoms with E-state index in [1.165, 1.54) is 6.42 Å². The molecule has 0 aliphatic carbocycles. The van der Waals surface area contributed by atoms with Gasteiger partial charge in [-0.25, -0.2) is 0 Å². The summed E-state index contributed by atoms with van der Waals surface area (Å²) in [5, 5.41) is 0. The molecule has 0 aliphatic rings. The standard InChI is InChI=1S/C11H25N/c1-8-10(9(2)3)12(7)11(4,5)6/h9-10H,8H2,1-7H3. The molecule has 0 aliphatic heterocycles. The van der Waals surface area contributed by atoms with E-state index in [1.54, 1.807) is 0 Å². The smallest absolute Gasteiger partial charge is 0.0125 e. The minimum atomic E-state index is 0.297. The molecule has 0 aromatic heterocycles. The van der Waals surface area contributed by atoms with Crippen LogP contribution in [0.5, 0.6) is 0 Å². The van der Waals surface area contributed by atoms with Crippen LogP contribution in [-0.4, -0.2) is 23.5 Å². The number of hydrogen-bond donors (Lipinski definition) is 0. The van der Waals surface area contributed by atoms with Crippen LogP contribution < -0.4 is 0 Å². The van der Waals surface area contributed by atoms with E-state index >= 15 is 0 Å². The second-order valence-electron chi connectivity index (χ2n) is 5.00. The van der Waals surface area contributed by atoms with Gasteiger partial charge in [0.05, 0.1) is 0 Å². The van der Waals surface area contributed by atoms with E-state index in [9.17, 15) is 0 Å². The van der Waals surface area contributed by atoms with Gasteiger partial charge in [0, 0.05) is 11.6 Å². The quantitative estimate of drug-likeness (QED) is 0.630. The lowest BCUT2D eigenvalue weighted by Gasteiger charge is -2.40. The van der Waals surface area contributed by atoms with Crippen molar-refractivity contribution in [1.29, 1.82) is 0 Å². The molecule has 0 heterocycles. The summed E-state index contributed by atoms with van der Waals surface area (Å²) in [6, 6.07) is 0.713. The second-order valence-corrected chi connectivity index (χ2v) is 5.00. The van der Waals surface area contributed by atoms with Gasteiger partial charge in [-0.3, -0.25) is 4.90 Å². The van der Waals surface area contributed by atoms with Crippen LogP contribution in [0, 0.1) is 5.92 Å². The SMILES string of the molecule is CCC(C(C)C)N(C)C(C)(C)C. The maximum absolute atomic E-state index is 2.48. The molecule has 0 rings (SSSR count). The molecule has 0 bridgehead atoms. The third-order valence-corrected chi connectivity index (χ3v) is 2.74. The Balaban J connectivity index is 4.32. The zero-order chi connectivity index (χ0) is 9.94. The van der Waals surface area contributed by atoms with Gasteiger partial charge in [0.15, 0.2) is 0 Å². The van der Waals surface area contributed by atoms with Crippen molar-refractivity contribution in [2.24, 2.45) is 5.92 Å². The molecule has 1 heteroatoms. The largest absolute Gasteiger partial charge is 0.298 e. The lowest BCUT2D eigenvalue weighted by atomic mass is 9.95. The fourth-order valence-electron chi connectivity index (χ4n) is 1.69. The molecule has 0 aromatic rings. The highest BCUT2D eigenvalue weighted by Gasteiger charge is 2.25. The molecule has 1 nitrogen and oxygen atoms in total. The van der Waals surface area contributed by atoms with Crippen molar-refractivity contribution in [2.75, 3.05) is 7.05 Å². The van der Waals surface area contributed by atoms with E-state index in [1.807, 2.05) is 0 Å². The lowest BCUT2D eigenvalue weighted by Crippen LogP contribution is -2.47. The lowest BCUT2D eigenvalue weighted by molar-refractivity contribution is 0.0850. The second kappa shape index (κ2) is 4.27. The molecule has 0 saturated carbocycles. The number of nitrogens with zero attached hydrogens (tertiary/aromatic N) is 1. The molecular weight excluding hydrogens is 146 g/mol. The summed E-state index contributed by atoms with van der Waals surface area (Å²) >= 11 is 0. The molecular formula is C11H25N. The maximum Gasteiger partial charge on any atom is 0.0125 e. The summed E-state index contributed by atoms with van der Waals surface area (Å²) < 4.78 is 0. The van der Waals surface area contributed by atoms with E-state index in [-0.39, 0.29) is 0 Å². The average Bonchev–Trinajstić information content (AvgIpc) is 1.86. The van der Waals surface area contributed by atoms with Crippen molar-refractivity contribution >= 4 is 0 Å². The van der Waals surface area contributed by atoms with Crippen molar-refractivity contribution in [3.8, 4) is 0 Å². The molecule has 1 unspecified atom stereocenters. The van der Waals surface area contributed by atoms with Gasteiger partial charge in [-0.15, -0.1) is 0 Å². The van der Waals surface area contributed by atoms with Crippen LogP contribution in [0.15, 0.2) is 0 Å². The Morgan fingerprint density at radius 2 is 1.58 bits per heavy atom. The van der Waals surface area contributed by atoms with Crippen LogP contribution in [0.2, 0.25) is 0 Å². The van der Waals surface area contributed by atoms with E-state index in [0.717, 1.165) is 5.92 Å². The minimum Gasteiger partial charge on any atom is -0.298 e. The first-order valence-electron chi connectivity index (χ1n) is 5.03. The molecule has 0 radical (unpaired) electrons. The van der Waals surface area contributed by atoms with Crippen molar-refractivity contribution in [1.82, 2.24) is 4.90 Å². The first-order valence-corrected chi connectivity index (χ1v) is 5.03. The summed E-state index contributed by atoms with van der Waals surface area (Å²) in [5.74, 6) is 0.749. The third-order valence-electron chi connectivity index (χ3n) is 2.74. The van der Waals surface area contributed by atoms with Gasteiger partial charge in [0.1, 0.15) is 0 Å². The highest BCUT2D eigenvalue weighted by atomic mass is 15.2. The maximum atomic E-state index is 2.48. The molecule has 0 N–H and O–H groups in total. The topological polar surface area (TPSA) is 3.24 Å². The average molecular weight is 171 g/mol. The predicted molar refractivity (Wildman–Crippen MR) is 56.4 cm³/mol. The van der Waals surface area contributed by atoms with Crippen LogP contribution >= 0.6 is 0 Å². The molecule has 0 saturated heterocycles. The Bertz CT molecular complexity index is 121. The number of rotatable bonds is 3. The third kappa shape index (κ3) is 3.14. The van der Waals surface area contributed by atoms with E-state index in [2.05, 4.69) is 53.5 Å². The summed E-state index contributed by atoms with van der Waals surface area (Å²) in [4.78, 5) is 2.48. The fourth-order valence-corrected chi connectivity index (χ4v) is 1.69. The Hall–Kier alpha value is -0.0400. The Labute approximate surface area is 78.1 Å². The summed E-state index contributed by atoms with van der Waals surface area (Å²) in [5.41, 5.74) is 0.297.